The molecule has 1 aliphatic heterocycles. The Balaban J connectivity index is 1.53. The summed E-state index contributed by atoms with van der Waals surface area (Å²) in [5, 5.41) is 0. The molecular formula is C17H18FN3O5S. The van der Waals surface area contributed by atoms with Crippen LogP contribution in [0.1, 0.15) is 10.5 Å². The van der Waals surface area contributed by atoms with Gasteiger partial charge in [0.2, 0.25) is 10.0 Å². The lowest BCUT2D eigenvalue weighted by atomic mass is 10.3. The second-order valence-corrected chi connectivity index (χ2v) is 7.84. The van der Waals surface area contributed by atoms with Gasteiger partial charge in [-0.05, 0) is 36.4 Å². The Morgan fingerprint density at radius 2 is 1.74 bits per heavy atom. The molecule has 2 heterocycles. The molecule has 0 aliphatic carbocycles. The Morgan fingerprint density at radius 3 is 2.33 bits per heavy atom. The molecule has 1 amide bonds. The maximum atomic E-state index is 13.0. The molecule has 0 bridgehead atoms. The van der Waals surface area contributed by atoms with Crippen LogP contribution in [-0.4, -0.2) is 67.3 Å². The molecule has 144 valence electrons. The second-order valence-electron chi connectivity index (χ2n) is 5.90. The lowest BCUT2D eigenvalue weighted by molar-refractivity contribution is -0.135. The topological polar surface area (TPSA) is 99.8 Å². The zero-order valence-electron chi connectivity index (χ0n) is 14.3. The molecule has 0 spiro atoms. The van der Waals surface area contributed by atoms with E-state index in [4.69, 9.17) is 4.74 Å². The Kier molecular flexibility index (Phi) is 5.57. The molecule has 3 rings (SSSR count). The van der Waals surface area contributed by atoms with Gasteiger partial charge in [0.15, 0.2) is 6.61 Å². The van der Waals surface area contributed by atoms with E-state index in [9.17, 15) is 22.4 Å². The molecule has 0 radical (unpaired) electrons. The maximum absolute atomic E-state index is 13.0. The minimum absolute atomic E-state index is 0.00329. The first-order chi connectivity index (χ1) is 12.9. The van der Waals surface area contributed by atoms with Crippen molar-refractivity contribution >= 4 is 21.9 Å². The summed E-state index contributed by atoms with van der Waals surface area (Å²) in [6, 6.07) is 7.77. The normalized spacial score (nSPS) is 15.5. The van der Waals surface area contributed by atoms with E-state index in [1.165, 1.54) is 27.4 Å². The van der Waals surface area contributed by atoms with Crippen molar-refractivity contribution in [3.05, 3.63) is 54.1 Å². The van der Waals surface area contributed by atoms with Crippen molar-refractivity contribution < 1.29 is 27.1 Å². The number of aromatic amines is 1. The van der Waals surface area contributed by atoms with Crippen molar-refractivity contribution in [2.45, 2.75) is 4.90 Å². The minimum atomic E-state index is -3.74. The molecule has 0 atom stereocenters. The summed E-state index contributed by atoms with van der Waals surface area (Å²) in [5.74, 6) is -1.54. The van der Waals surface area contributed by atoms with Crippen LogP contribution in [0.25, 0.3) is 0 Å². The van der Waals surface area contributed by atoms with Crippen molar-refractivity contribution in [3.8, 4) is 0 Å². The van der Waals surface area contributed by atoms with Crippen molar-refractivity contribution in [1.82, 2.24) is 14.2 Å². The average molecular weight is 395 g/mol. The quantitative estimate of drug-likeness (QED) is 0.757. The lowest BCUT2D eigenvalue weighted by Crippen LogP contribution is -2.51. The first kappa shape index (κ1) is 19.1. The molecule has 1 aromatic carbocycles. The number of sulfonamides is 1. The summed E-state index contributed by atoms with van der Waals surface area (Å²) in [5.41, 5.74) is 0.248. The van der Waals surface area contributed by atoms with Crippen LogP contribution in [-0.2, 0) is 19.6 Å². The van der Waals surface area contributed by atoms with Crippen LogP contribution in [0.4, 0.5) is 4.39 Å². The number of hydrogen-bond acceptors (Lipinski definition) is 5. The van der Waals surface area contributed by atoms with Crippen molar-refractivity contribution in [1.29, 1.82) is 0 Å². The van der Waals surface area contributed by atoms with Gasteiger partial charge in [0.25, 0.3) is 5.91 Å². The Bertz CT molecular complexity index is 905. The van der Waals surface area contributed by atoms with Crippen LogP contribution in [0, 0.1) is 5.82 Å². The summed E-state index contributed by atoms with van der Waals surface area (Å²) in [6.07, 6.45) is 1.57. The molecule has 0 saturated carbocycles. The first-order valence-corrected chi connectivity index (χ1v) is 9.66. The average Bonchev–Trinajstić information content (AvgIpc) is 3.21. The van der Waals surface area contributed by atoms with E-state index >= 15 is 0 Å². The highest BCUT2D eigenvalue weighted by molar-refractivity contribution is 7.89. The van der Waals surface area contributed by atoms with Gasteiger partial charge in [-0.3, -0.25) is 4.79 Å². The van der Waals surface area contributed by atoms with Gasteiger partial charge in [0, 0.05) is 32.4 Å². The summed E-state index contributed by atoms with van der Waals surface area (Å²) in [4.78, 5) is 28.0. The first-order valence-electron chi connectivity index (χ1n) is 8.22. The van der Waals surface area contributed by atoms with Gasteiger partial charge < -0.3 is 14.6 Å². The van der Waals surface area contributed by atoms with E-state index in [1.807, 2.05) is 0 Å². The third kappa shape index (κ3) is 4.34. The summed E-state index contributed by atoms with van der Waals surface area (Å²) in [7, 11) is -3.74. The van der Waals surface area contributed by atoms with E-state index < -0.39 is 34.3 Å². The molecule has 1 saturated heterocycles. The zero-order valence-corrected chi connectivity index (χ0v) is 15.1. The van der Waals surface area contributed by atoms with Gasteiger partial charge in [0.05, 0.1) is 4.90 Å². The number of hydrogen-bond donors (Lipinski definition) is 1. The van der Waals surface area contributed by atoms with Gasteiger partial charge in [0.1, 0.15) is 11.5 Å². The Labute approximate surface area is 155 Å². The lowest BCUT2D eigenvalue weighted by Gasteiger charge is -2.33. The number of nitrogens with zero attached hydrogens (tertiary/aromatic N) is 2. The zero-order chi connectivity index (χ0) is 19.4. The smallest absolute Gasteiger partial charge is 0.355 e. The van der Waals surface area contributed by atoms with Crippen LogP contribution in [0.5, 0.6) is 0 Å². The van der Waals surface area contributed by atoms with Gasteiger partial charge in [-0.25, -0.2) is 17.6 Å². The molecule has 0 unspecified atom stereocenters. The number of carbonyl (C=O) groups is 2. The molecule has 1 fully saturated rings. The highest BCUT2D eigenvalue weighted by Gasteiger charge is 2.30. The minimum Gasteiger partial charge on any atom is -0.451 e. The number of benzene rings is 1. The van der Waals surface area contributed by atoms with Gasteiger partial charge in [-0.15, -0.1) is 0 Å². The van der Waals surface area contributed by atoms with Crippen LogP contribution in [0.15, 0.2) is 47.5 Å². The van der Waals surface area contributed by atoms with Crippen molar-refractivity contribution in [2.24, 2.45) is 0 Å². The number of halogens is 1. The highest BCUT2D eigenvalue weighted by Crippen LogP contribution is 2.18. The van der Waals surface area contributed by atoms with Crippen molar-refractivity contribution in [3.63, 3.8) is 0 Å². The van der Waals surface area contributed by atoms with Crippen LogP contribution in [0.3, 0.4) is 0 Å². The molecule has 8 nitrogen and oxygen atoms in total. The molecule has 10 heteroatoms. The fourth-order valence-electron chi connectivity index (χ4n) is 2.69. The van der Waals surface area contributed by atoms with Gasteiger partial charge >= 0.3 is 5.97 Å². The van der Waals surface area contributed by atoms with E-state index in [0.29, 0.717) is 0 Å². The van der Waals surface area contributed by atoms with Gasteiger partial charge in [-0.1, -0.05) is 0 Å². The fraction of sp³-hybridized carbons (Fsp3) is 0.294. The number of ether oxygens (including phenoxy) is 1. The number of piperazine rings is 1. The van der Waals surface area contributed by atoms with Gasteiger partial charge in [-0.2, -0.15) is 4.31 Å². The van der Waals surface area contributed by atoms with E-state index in [2.05, 4.69) is 4.98 Å². The molecular weight excluding hydrogens is 377 g/mol. The fourth-order valence-corrected chi connectivity index (χ4v) is 4.11. The highest BCUT2D eigenvalue weighted by atomic mass is 32.2. The van der Waals surface area contributed by atoms with E-state index in [-0.39, 0.29) is 36.8 Å². The molecule has 2 aromatic rings. The maximum Gasteiger partial charge on any atom is 0.355 e. The third-order valence-electron chi connectivity index (χ3n) is 4.19. The SMILES string of the molecule is O=C(OCC(=O)N1CCN(S(=O)(=O)c2ccc(F)cc2)CC1)c1ccc[nH]1. The van der Waals surface area contributed by atoms with Crippen LogP contribution >= 0.6 is 0 Å². The number of rotatable bonds is 5. The number of esters is 1. The van der Waals surface area contributed by atoms with Crippen LogP contribution < -0.4 is 0 Å². The summed E-state index contributed by atoms with van der Waals surface area (Å²) in [6.45, 7) is 0.160. The number of carbonyl (C=O) groups excluding carboxylic acids is 2. The van der Waals surface area contributed by atoms with Crippen LogP contribution in [0.2, 0.25) is 0 Å². The van der Waals surface area contributed by atoms with E-state index in [0.717, 1.165) is 12.1 Å². The predicted molar refractivity (Wildman–Crippen MR) is 92.8 cm³/mol. The number of H-pyrrole nitrogens is 1. The monoisotopic (exact) mass is 395 g/mol. The molecule has 1 aromatic heterocycles. The van der Waals surface area contributed by atoms with Crippen molar-refractivity contribution in [2.75, 3.05) is 32.8 Å². The molecule has 1 N–H and O–H groups in total. The Hall–Kier alpha value is -2.72. The summed E-state index contributed by atoms with van der Waals surface area (Å²) < 4.78 is 44.3. The third-order valence-corrected chi connectivity index (χ3v) is 6.10. The number of aromatic nitrogens is 1. The molecule has 27 heavy (non-hydrogen) atoms. The van der Waals surface area contributed by atoms with E-state index in [1.54, 1.807) is 12.3 Å². The second kappa shape index (κ2) is 7.89. The predicted octanol–water partition coefficient (Wildman–Crippen LogP) is 0.844. The number of amides is 1. The Morgan fingerprint density at radius 1 is 1.07 bits per heavy atom. The summed E-state index contributed by atoms with van der Waals surface area (Å²) >= 11 is 0. The number of nitrogens with one attached hydrogen (secondary N) is 1. The molecule has 1 aliphatic rings. The standard InChI is InChI=1S/C17H18FN3O5S/c18-13-3-5-14(6-4-13)27(24,25)21-10-8-20(9-11-21)16(22)12-26-17(23)15-2-1-7-19-15/h1-7,19H,8-12H2. The largest absolute Gasteiger partial charge is 0.451 e.